The standard InChI is InChI=1S/C59H117N2O7P/c1-7-10-13-16-19-22-25-27-28-29-30-31-32-34-37-40-43-46-49-52-59(63)68-57(50-47-44-41-38-35-24-21-18-15-12-9-3)56(55-67-69(64,65)66-54-53-61(4,5)6)60-58(62)51-48-45-42-39-36-33-26-23-20-17-14-11-8-2/h47,50,56-57H,7-46,48-49,51-55H2,1-6H3,(H-,60,62,64,65)/b50-47-. The topological polar surface area (TPSA) is 114 Å². The number of ether oxygens (including phenoxy) is 1. The molecule has 0 radical (unpaired) electrons. The van der Waals surface area contributed by atoms with Crippen molar-refractivity contribution in [3.8, 4) is 0 Å². The third kappa shape index (κ3) is 51.5. The van der Waals surface area contributed by atoms with Crippen molar-refractivity contribution in [3.63, 3.8) is 0 Å². The summed E-state index contributed by atoms with van der Waals surface area (Å²) in [5.74, 6) is -0.523. The number of nitrogens with zero attached hydrogens (tertiary/aromatic N) is 1. The number of allylic oxidation sites excluding steroid dienone is 1. The van der Waals surface area contributed by atoms with Gasteiger partial charge >= 0.3 is 5.97 Å². The monoisotopic (exact) mass is 997 g/mol. The van der Waals surface area contributed by atoms with Crippen molar-refractivity contribution in [3.05, 3.63) is 12.2 Å². The van der Waals surface area contributed by atoms with Gasteiger partial charge in [-0.1, -0.05) is 271 Å². The maximum atomic E-state index is 13.5. The van der Waals surface area contributed by atoms with Gasteiger partial charge in [-0.3, -0.25) is 14.2 Å². The fourth-order valence-electron chi connectivity index (χ4n) is 9.05. The Kier molecular flexibility index (Phi) is 49.4. The van der Waals surface area contributed by atoms with E-state index in [9.17, 15) is 19.0 Å². The molecule has 410 valence electrons. The molecule has 3 unspecified atom stereocenters. The van der Waals surface area contributed by atoms with Crippen LogP contribution in [-0.2, 0) is 27.9 Å². The minimum atomic E-state index is -4.68. The molecule has 1 amide bonds. The van der Waals surface area contributed by atoms with Gasteiger partial charge in [-0.05, 0) is 31.8 Å². The Morgan fingerprint density at radius 1 is 0.493 bits per heavy atom. The van der Waals surface area contributed by atoms with Crippen LogP contribution in [0.25, 0.3) is 0 Å². The van der Waals surface area contributed by atoms with Crippen molar-refractivity contribution in [1.82, 2.24) is 5.32 Å². The maximum Gasteiger partial charge on any atom is 0.306 e. The molecule has 0 rings (SSSR count). The van der Waals surface area contributed by atoms with Crippen LogP contribution in [0.5, 0.6) is 0 Å². The average molecular weight is 998 g/mol. The predicted octanol–water partition coefficient (Wildman–Crippen LogP) is 17.4. The number of phosphoric acid groups is 1. The molecule has 0 saturated heterocycles. The van der Waals surface area contributed by atoms with Gasteiger partial charge in [0.2, 0.25) is 5.91 Å². The molecule has 0 aromatic carbocycles. The Bertz CT molecular complexity index is 1190. The number of quaternary nitrogens is 1. The number of carbonyl (C=O) groups excluding carboxylic acids is 2. The molecular formula is C59H117N2O7P. The number of hydrogen-bond donors (Lipinski definition) is 1. The Hall–Kier alpha value is -1.25. The summed E-state index contributed by atoms with van der Waals surface area (Å²) < 4.78 is 30.2. The highest BCUT2D eigenvalue weighted by Crippen LogP contribution is 2.38. The second-order valence-electron chi connectivity index (χ2n) is 21.9. The molecule has 0 aliphatic rings. The summed E-state index contributed by atoms with van der Waals surface area (Å²) in [5.41, 5.74) is 0. The highest BCUT2D eigenvalue weighted by Gasteiger charge is 2.27. The summed E-state index contributed by atoms with van der Waals surface area (Å²) in [5, 5.41) is 3.03. The molecule has 0 aliphatic carbocycles. The van der Waals surface area contributed by atoms with Crippen molar-refractivity contribution in [2.45, 2.75) is 315 Å². The minimum absolute atomic E-state index is 0.0170. The van der Waals surface area contributed by atoms with Gasteiger partial charge in [0.25, 0.3) is 7.82 Å². The molecule has 0 aromatic heterocycles. The first-order chi connectivity index (χ1) is 33.4. The lowest BCUT2D eigenvalue weighted by Crippen LogP contribution is -2.47. The summed E-state index contributed by atoms with van der Waals surface area (Å²) in [4.78, 5) is 39.8. The number of unbranched alkanes of at least 4 members (excludes halogenated alkanes) is 39. The second kappa shape index (κ2) is 50.3. The Balaban J connectivity index is 5.19. The van der Waals surface area contributed by atoms with Gasteiger partial charge < -0.3 is 28.5 Å². The van der Waals surface area contributed by atoms with Gasteiger partial charge in [0.05, 0.1) is 33.8 Å². The molecule has 0 saturated carbocycles. The first kappa shape index (κ1) is 67.8. The Morgan fingerprint density at radius 3 is 1.19 bits per heavy atom. The molecule has 3 atom stereocenters. The third-order valence-corrected chi connectivity index (χ3v) is 14.7. The molecule has 10 heteroatoms. The number of amides is 1. The maximum absolute atomic E-state index is 13.5. The number of carbonyl (C=O) groups is 2. The predicted molar refractivity (Wildman–Crippen MR) is 294 cm³/mol. The SMILES string of the molecule is CCCCCCCCCCC/C=C\C(OC(=O)CCCCCCCCCCCCCCCCCCCCC)C(COP(=O)([O-])OCC[N+](C)(C)C)NC(=O)CCCCCCCCCCCCCCC. The molecule has 0 heterocycles. The van der Waals surface area contributed by atoms with Crippen LogP contribution < -0.4 is 10.2 Å². The first-order valence-electron chi connectivity index (χ1n) is 30.0. The Morgan fingerprint density at radius 2 is 0.826 bits per heavy atom. The van der Waals surface area contributed by atoms with Gasteiger partial charge in [0, 0.05) is 12.8 Å². The van der Waals surface area contributed by atoms with E-state index in [0.717, 1.165) is 57.8 Å². The molecule has 0 bridgehead atoms. The van der Waals surface area contributed by atoms with E-state index in [1.807, 2.05) is 33.3 Å². The Labute approximate surface area is 429 Å². The molecule has 0 fully saturated rings. The van der Waals surface area contributed by atoms with Crippen LogP contribution in [0.3, 0.4) is 0 Å². The van der Waals surface area contributed by atoms with E-state index in [1.165, 1.54) is 212 Å². The van der Waals surface area contributed by atoms with E-state index >= 15 is 0 Å². The zero-order valence-electron chi connectivity index (χ0n) is 46.8. The quantitative estimate of drug-likeness (QED) is 0.0212. The summed E-state index contributed by atoms with van der Waals surface area (Å²) in [7, 11) is 1.20. The first-order valence-corrected chi connectivity index (χ1v) is 31.5. The summed E-state index contributed by atoms with van der Waals surface area (Å²) in [6, 6.07) is -0.878. The zero-order chi connectivity index (χ0) is 50.8. The lowest BCUT2D eigenvalue weighted by Gasteiger charge is -2.30. The lowest BCUT2D eigenvalue weighted by molar-refractivity contribution is -0.870. The summed E-state index contributed by atoms with van der Waals surface area (Å²) in [6.45, 7) is 6.88. The third-order valence-electron chi connectivity index (χ3n) is 13.7. The van der Waals surface area contributed by atoms with Gasteiger partial charge in [-0.15, -0.1) is 0 Å². The molecular weight excluding hydrogens is 880 g/mol. The smallest absolute Gasteiger partial charge is 0.306 e. The number of hydrogen-bond acceptors (Lipinski definition) is 7. The molecule has 0 aromatic rings. The van der Waals surface area contributed by atoms with E-state index in [0.29, 0.717) is 17.4 Å². The van der Waals surface area contributed by atoms with Crippen LogP contribution in [0.15, 0.2) is 12.2 Å². The van der Waals surface area contributed by atoms with E-state index in [4.69, 9.17) is 13.8 Å². The van der Waals surface area contributed by atoms with E-state index in [1.54, 1.807) is 0 Å². The number of nitrogens with one attached hydrogen (secondary N) is 1. The van der Waals surface area contributed by atoms with Gasteiger partial charge in [0.1, 0.15) is 19.3 Å². The van der Waals surface area contributed by atoms with Crippen LogP contribution >= 0.6 is 7.82 Å². The van der Waals surface area contributed by atoms with Crippen molar-refractivity contribution >= 4 is 19.7 Å². The highest BCUT2D eigenvalue weighted by atomic mass is 31.2. The van der Waals surface area contributed by atoms with Crippen LogP contribution in [0, 0.1) is 0 Å². The number of phosphoric ester groups is 1. The molecule has 1 N–H and O–H groups in total. The molecule has 69 heavy (non-hydrogen) atoms. The largest absolute Gasteiger partial charge is 0.756 e. The molecule has 0 aliphatic heterocycles. The lowest BCUT2D eigenvalue weighted by atomic mass is 10.0. The highest BCUT2D eigenvalue weighted by molar-refractivity contribution is 7.45. The van der Waals surface area contributed by atoms with Crippen LogP contribution in [0.2, 0.25) is 0 Å². The summed E-state index contributed by atoms with van der Waals surface area (Å²) >= 11 is 0. The fraction of sp³-hybridized carbons (Fsp3) is 0.932. The van der Waals surface area contributed by atoms with E-state index < -0.39 is 20.0 Å². The zero-order valence-corrected chi connectivity index (χ0v) is 47.7. The average Bonchev–Trinajstić information content (AvgIpc) is 3.31. The van der Waals surface area contributed by atoms with E-state index in [-0.39, 0.29) is 31.5 Å². The minimum Gasteiger partial charge on any atom is -0.756 e. The van der Waals surface area contributed by atoms with Crippen LogP contribution in [0.1, 0.15) is 303 Å². The van der Waals surface area contributed by atoms with Gasteiger partial charge in [0.15, 0.2) is 0 Å². The molecule has 9 nitrogen and oxygen atoms in total. The normalized spacial score (nSPS) is 13.8. The van der Waals surface area contributed by atoms with Crippen molar-refractivity contribution < 1.29 is 37.3 Å². The van der Waals surface area contributed by atoms with Crippen molar-refractivity contribution in [2.24, 2.45) is 0 Å². The number of esters is 1. The fourth-order valence-corrected chi connectivity index (χ4v) is 9.78. The van der Waals surface area contributed by atoms with Crippen molar-refractivity contribution in [2.75, 3.05) is 40.9 Å². The summed E-state index contributed by atoms with van der Waals surface area (Å²) in [6.07, 6.45) is 56.0. The number of rotatable bonds is 55. The second-order valence-corrected chi connectivity index (χ2v) is 23.3. The van der Waals surface area contributed by atoms with Gasteiger partial charge in [-0.2, -0.15) is 0 Å². The van der Waals surface area contributed by atoms with Crippen LogP contribution in [0.4, 0.5) is 0 Å². The number of likely N-dealkylation sites (N-methyl/N-ethyl adjacent to an activating group) is 1. The van der Waals surface area contributed by atoms with Gasteiger partial charge in [-0.25, -0.2) is 0 Å². The van der Waals surface area contributed by atoms with E-state index in [2.05, 4.69) is 26.1 Å². The molecule has 0 spiro atoms. The van der Waals surface area contributed by atoms with Crippen molar-refractivity contribution in [1.29, 1.82) is 0 Å². The van der Waals surface area contributed by atoms with Crippen LogP contribution in [-0.4, -0.2) is 69.4 Å².